The van der Waals surface area contributed by atoms with E-state index in [1.54, 1.807) is 25.3 Å². The maximum absolute atomic E-state index is 12.2. The molecule has 0 saturated heterocycles. The molecule has 0 radical (unpaired) electrons. The van der Waals surface area contributed by atoms with E-state index in [4.69, 9.17) is 24.2 Å². The fraction of sp³-hybridized carbons (Fsp3) is 0.419. The third-order valence-corrected chi connectivity index (χ3v) is 7.12. The molecule has 2 aromatic carbocycles. The number of alkyl carbamates (subject to hydrolysis) is 1. The second-order valence-corrected chi connectivity index (χ2v) is 11.9. The molecule has 9 nitrogen and oxygen atoms in total. The number of aryl methyl sites for hydroxylation is 2. The number of aromatic nitrogens is 2. The van der Waals surface area contributed by atoms with Crippen molar-refractivity contribution >= 4 is 30.0 Å². The van der Waals surface area contributed by atoms with Gasteiger partial charge in [-0.1, -0.05) is 31.2 Å². The zero-order valence-corrected chi connectivity index (χ0v) is 25.9. The number of hydrogen-bond donors (Lipinski definition) is 1. The minimum Gasteiger partial charge on any atom is -0.465 e. The Morgan fingerprint density at radius 2 is 1.71 bits per heavy atom. The number of nitrogens with one attached hydrogen (secondary N) is 1. The Morgan fingerprint density at radius 1 is 1.02 bits per heavy atom. The summed E-state index contributed by atoms with van der Waals surface area (Å²) in [5.74, 6) is 0.0735. The van der Waals surface area contributed by atoms with Gasteiger partial charge >= 0.3 is 12.1 Å². The lowest BCUT2D eigenvalue weighted by atomic mass is 9.97. The molecule has 0 spiro atoms. The summed E-state index contributed by atoms with van der Waals surface area (Å²) in [6.07, 6.45) is 0.210. The van der Waals surface area contributed by atoms with Gasteiger partial charge in [0.1, 0.15) is 12.3 Å². The van der Waals surface area contributed by atoms with Crippen LogP contribution < -0.4 is 9.62 Å². The minimum atomic E-state index is -0.559. The maximum Gasteiger partial charge on any atom is 0.407 e. The highest BCUT2D eigenvalue weighted by Gasteiger charge is 2.21. The van der Waals surface area contributed by atoms with Gasteiger partial charge in [-0.3, -0.25) is 4.31 Å². The summed E-state index contributed by atoms with van der Waals surface area (Å²) in [7, 11) is 2.97. The lowest BCUT2D eigenvalue weighted by Gasteiger charge is -2.23. The molecule has 0 fully saturated rings. The van der Waals surface area contributed by atoms with Crippen molar-refractivity contribution in [3.05, 3.63) is 70.9 Å². The third kappa shape index (κ3) is 9.19. The minimum absolute atomic E-state index is 0.00630. The second-order valence-electron chi connectivity index (χ2n) is 10.8. The summed E-state index contributed by atoms with van der Waals surface area (Å²) in [4.78, 5) is 35.0. The zero-order valence-electron chi connectivity index (χ0n) is 25.1. The van der Waals surface area contributed by atoms with Gasteiger partial charge in [0, 0.05) is 35.7 Å². The lowest BCUT2D eigenvalue weighted by molar-refractivity contribution is 0.0525. The number of carbonyl (C=O) groups is 2. The predicted molar refractivity (Wildman–Crippen MR) is 162 cm³/mol. The highest BCUT2D eigenvalue weighted by atomic mass is 32.2. The van der Waals surface area contributed by atoms with Crippen LogP contribution >= 0.6 is 11.9 Å². The van der Waals surface area contributed by atoms with E-state index in [1.165, 1.54) is 19.1 Å². The highest BCUT2D eigenvalue weighted by molar-refractivity contribution is 8.00. The van der Waals surface area contributed by atoms with Crippen LogP contribution in [-0.4, -0.2) is 55.1 Å². The number of ether oxygens (including phenoxy) is 3. The smallest absolute Gasteiger partial charge is 0.407 e. The molecule has 3 aromatic rings. The van der Waals surface area contributed by atoms with Crippen molar-refractivity contribution in [2.45, 2.75) is 64.4 Å². The normalized spacial score (nSPS) is 12.0. The molecule has 220 valence electrons. The molecule has 41 heavy (non-hydrogen) atoms. The molecule has 1 N–H and O–H groups in total. The van der Waals surface area contributed by atoms with E-state index in [2.05, 4.69) is 38.2 Å². The fourth-order valence-corrected chi connectivity index (χ4v) is 5.08. The van der Waals surface area contributed by atoms with E-state index < -0.39 is 17.7 Å². The number of anilines is 1. The Bertz CT molecular complexity index is 1340. The summed E-state index contributed by atoms with van der Waals surface area (Å²) in [5, 5.41) is 2.84. The van der Waals surface area contributed by atoms with Gasteiger partial charge in [-0.25, -0.2) is 19.6 Å². The maximum atomic E-state index is 12.2. The molecule has 10 heteroatoms. The first-order valence-electron chi connectivity index (χ1n) is 13.5. The molecule has 1 unspecified atom stereocenters. The first-order valence-corrected chi connectivity index (χ1v) is 14.2. The van der Waals surface area contributed by atoms with Crippen LogP contribution in [0.25, 0.3) is 11.3 Å². The Balaban J connectivity index is 1.97. The van der Waals surface area contributed by atoms with Crippen molar-refractivity contribution in [1.82, 2.24) is 15.3 Å². The first kappa shape index (κ1) is 31.9. The number of methoxy groups -OCH3 is 2. The van der Waals surface area contributed by atoms with Crippen LogP contribution in [0.15, 0.2) is 53.4 Å². The van der Waals surface area contributed by atoms with Crippen molar-refractivity contribution in [1.29, 1.82) is 0 Å². The number of amides is 1. The van der Waals surface area contributed by atoms with Crippen LogP contribution in [-0.2, 0) is 14.2 Å². The van der Waals surface area contributed by atoms with E-state index in [-0.39, 0.29) is 12.6 Å². The summed E-state index contributed by atoms with van der Waals surface area (Å²) < 4.78 is 17.6. The molecule has 0 bridgehead atoms. The number of rotatable bonds is 11. The molecule has 1 heterocycles. The molecule has 3 rings (SSSR count). The number of nitrogens with zero attached hydrogens (tertiary/aromatic N) is 3. The van der Waals surface area contributed by atoms with Crippen molar-refractivity contribution in [2.24, 2.45) is 0 Å². The van der Waals surface area contributed by atoms with E-state index in [9.17, 15) is 9.59 Å². The summed E-state index contributed by atoms with van der Waals surface area (Å²) in [5.41, 5.74) is 4.80. The van der Waals surface area contributed by atoms with Gasteiger partial charge in [-0.2, -0.15) is 0 Å². The number of hydrogen-bond acceptors (Lipinski definition) is 9. The molecule has 1 amide bonds. The summed E-state index contributed by atoms with van der Waals surface area (Å²) >= 11 is 1.37. The standard InChI is InChI=1S/C31H40N4O5S/c1-20(15-16-32-30(37)40-31(4,5)6)25-18-26(27-21(2)11-9-12-22(27)3)34-29(33-25)35(19-38-7)41-24-14-10-13-23(17-24)28(36)39-8/h9-14,17-18,20H,15-16,19H2,1-8H3,(H,32,37). The van der Waals surface area contributed by atoms with Crippen LogP contribution in [0.3, 0.4) is 0 Å². The molecule has 0 aliphatic rings. The van der Waals surface area contributed by atoms with E-state index >= 15 is 0 Å². The Hall–Kier alpha value is -3.63. The fourth-order valence-electron chi connectivity index (χ4n) is 4.18. The highest BCUT2D eigenvalue weighted by Crippen LogP contribution is 2.33. The molecule has 0 saturated carbocycles. The van der Waals surface area contributed by atoms with Crippen LogP contribution in [0, 0.1) is 13.8 Å². The molecule has 1 aromatic heterocycles. The Kier molecular flexibility index (Phi) is 11.1. The summed E-state index contributed by atoms with van der Waals surface area (Å²) in [6.45, 7) is 12.4. The third-order valence-electron chi connectivity index (χ3n) is 6.16. The average molecular weight is 581 g/mol. The van der Waals surface area contributed by atoms with Crippen molar-refractivity contribution in [2.75, 3.05) is 31.8 Å². The average Bonchev–Trinajstić information content (AvgIpc) is 2.91. The molecular weight excluding hydrogens is 540 g/mol. The first-order chi connectivity index (χ1) is 19.4. The largest absolute Gasteiger partial charge is 0.465 e. The second kappa shape index (κ2) is 14.3. The van der Waals surface area contributed by atoms with Gasteiger partial charge < -0.3 is 19.5 Å². The van der Waals surface area contributed by atoms with Gasteiger partial charge in [-0.05, 0) is 88.4 Å². The number of carbonyl (C=O) groups excluding carboxylic acids is 2. The van der Waals surface area contributed by atoms with Gasteiger partial charge in [0.15, 0.2) is 0 Å². The summed E-state index contributed by atoms with van der Waals surface area (Å²) in [6, 6.07) is 15.4. The van der Waals surface area contributed by atoms with Crippen LogP contribution in [0.5, 0.6) is 0 Å². The molecule has 1 atom stereocenters. The van der Waals surface area contributed by atoms with Crippen molar-refractivity contribution in [3.8, 4) is 11.3 Å². The topological polar surface area (TPSA) is 103 Å². The van der Waals surface area contributed by atoms with E-state index in [0.29, 0.717) is 24.5 Å². The predicted octanol–water partition coefficient (Wildman–Crippen LogP) is 6.68. The van der Waals surface area contributed by atoms with Gasteiger partial charge in [0.25, 0.3) is 0 Å². The van der Waals surface area contributed by atoms with E-state index in [0.717, 1.165) is 33.0 Å². The van der Waals surface area contributed by atoms with E-state index in [1.807, 2.05) is 43.3 Å². The van der Waals surface area contributed by atoms with Crippen LogP contribution in [0.4, 0.5) is 10.7 Å². The van der Waals surface area contributed by atoms with Gasteiger partial charge in [0.2, 0.25) is 5.95 Å². The zero-order chi connectivity index (χ0) is 30.2. The van der Waals surface area contributed by atoms with Gasteiger partial charge in [0.05, 0.1) is 18.4 Å². The molecule has 0 aliphatic carbocycles. The Morgan fingerprint density at radius 3 is 2.34 bits per heavy atom. The van der Waals surface area contributed by atoms with Crippen LogP contribution in [0.2, 0.25) is 0 Å². The molecule has 0 aliphatic heterocycles. The van der Waals surface area contributed by atoms with Crippen LogP contribution in [0.1, 0.15) is 67.2 Å². The lowest BCUT2D eigenvalue weighted by Crippen LogP contribution is -2.33. The van der Waals surface area contributed by atoms with Crippen molar-refractivity contribution in [3.63, 3.8) is 0 Å². The Labute approximate surface area is 247 Å². The quantitative estimate of drug-likeness (QED) is 0.151. The molecular formula is C31H40N4O5S. The number of esters is 1. The SMILES string of the molecule is COCN(Sc1cccc(C(=O)OC)c1)c1nc(-c2c(C)cccc2C)cc(C(C)CCNC(=O)OC(C)(C)C)n1. The van der Waals surface area contributed by atoms with Gasteiger partial charge in [-0.15, -0.1) is 0 Å². The van der Waals surface area contributed by atoms with Crippen molar-refractivity contribution < 1.29 is 23.8 Å². The number of benzene rings is 2. The monoisotopic (exact) mass is 580 g/mol.